The van der Waals surface area contributed by atoms with E-state index in [1.807, 2.05) is 0 Å². The predicted octanol–water partition coefficient (Wildman–Crippen LogP) is 1.35. The Morgan fingerprint density at radius 1 is 1.50 bits per heavy atom. The van der Waals surface area contributed by atoms with Crippen molar-refractivity contribution in [3.05, 3.63) is 29.3 Å². The quantitative estimate of drug-likeness (QED) is 0.744. The molecular formula is C9H6F2O3. The Bertz CT molecular complexity index is 403. The first-order chi connectivity index (χ1) is 6.58. The van der Waals surface area contributed by atoms with E-state index >= 15 is 0 Å². The summed E-state index contributed by atoms with van der Waals surface area (Å²) in [6.07, 6.45) is -1.17. The molecule has 0 radical (unpaired) electrons. The Morgan fingerprint density at radius 2 is 2.21 bits per heavy atom. The second-order valence-electron chi connectivity index (χ2n) is 3.01. The van der Waals surface area contributed by atoms with Crippen molar-refractivity contribution in [3.63, 3.8) is 0 Å². The van der Waals surface area contributed by atoms with Crippen LogP contribution in [0.25, 0.3) is 0 Å². The Hall–Kier alpha value is -1.65. The summed E-state index contributed by atoms with van der Waals surface area (Å²) >= 11 is 0. The van der Waals surface area contributed by atoms with E-state index in [1.54, 1.807) is 0 Å². The maximum atomic E-state index is 13.1. The molecule has 0 amide bonds. The number of carbonyl (C=O) groups is 1. The van der Waals surface area contributed by atoms with Crippen LogP contribution in [0.2, 0.25) is 0 Å². The van der Waals surface area contributed by atoms with E-state index in [-0.39, 0.29) is 17.7 Å². The molecule has 1 unspecified atom stereocenters. The van der Waals surface area contributed by atoms with Crippen molar-refractivity contribution < 1.29 is 23.4 Å². The summed E-state index contributed by atoms with van der Waals surface area (Å²) in [6, 6.07) is 1.70. The molecule has 0 fully saturated rings. The Morgan fingerprint density at radius 3 is 2.86 bits per heavy atom. The van der Waals surface area contributed by atoms with Crippen molar-refractivity contribution in [3.8, 4) is 5.75 Å². The van der Waals surface area contributed by atoms with E-state index in [4.69, 9.17) is 9.84 Å². The van der Waals surface area contributed by atoms with Crippen molar-refractivity contribution in [2.75, 3.05) is 0 Å². The smallest absolute Gasteiger partial charge is 0.345 e. The highest BCUT2D eigenvalue weighted by atomic mass is 19.1. The number of benzene rings is 1. The zero-order valence-electron chi connectivity index (χ0n) is 6.96. The number of aliphatic carboxylic acids is 1. The SMILES string of the molecule is O=C(O)C1Cc2c(F)cc(F)cc2O1. The summed E-state index contributed by atoms with van der Waals surface area (Å²) in [4.78, 5) is 10.5. The summed E-state index contributed by atoms with van der Waals surface area (Å²) in [5, 5.41) is 8.60. The molecule has 5 heteroatoms. The van der Waals surface area contributed by atoms with Crippen LogP contribution in [-0.4, -0.2) is 17.2 Å². The third kappa shape index (κ3) is 1.30. The normalized spacial score (nSPS) is 18.9. The highest BCUT2D eigenvalue weighted by Gasteiger charge is 2.31. The molecule has 1 aromatic carbocycles. The molecule has 0 aliphatic carbocycles. The van der Waals surface area contributed by atoms with Gasteiger partial charge in [-0.3, -0.25) is 0 Å². The number of halogens is 2. The van der Waals surface area contributed by atoms with Crippen LogP contribution in [0.5, 0.6) is 5.75 Å². The number of hydrogen-bond acceptors (Lipinski definition) is 2. The van der Waals surface area contributed by atoms with Gasteiger partial charge in [-0.05, 0) is 0 Å². The second kappa shape index (κ2) is 2.94. The topological polar surface area (TPSA) is 46.5 Å². The van der Waals surface area contributed by atoms with Crippen molar-refractivity contribution in [2.45, 2.75) is 12.5 Å². The molecule has 14 heavy (non-hydrogen) atoms. The van der Waals surface area contributed by atoms with Gasteiger partial charge < -0.3 is 9.84 Å². The maximum absolute atomic E-state index is 13.1. The lowest BCUT2D eigenvalue weighted by atomic mass is 10.1. The summed E-state index contributed by atoms with van der Waals surface area (Å²) in [6.45, 7) is 0. The first-order valence-electron chi connectivity index (χ1n) is 3.95. The van der Waals surface area contributed by atoms with Gasteiger partial charge in [-0.2, -0.15) is 0 Å². The number of carboxylic acids is 1. The summed E-state index contributed by atoms with van der Waals surface area (Å²) in [5.74, 6) is -2.73. The van der Waals surface area contributed by atoms with Crippen LogP contribution in [-0.2, 0) is 11.2 Å². The van der Waals surface area contributed by atoms with E-state index in [0.717, 1.165) is 6.07 Å². The average molecular weight is 200 g/mol. The van der Waals surface area contributed by atoms with Crippen molar-refractivity contribution in [2.24, 2.45) is 0 Å². The van der Waals surface area contributed by atoms with E-state index in [0.29, 0.717) is 6.07 Å². The molecule has 1 heterocycles. The van der Waals surface area contributed by atoms with Crippen LogP contribution in [0.15, 0.2) is 12.1 Å². The van der Waals surface area contributed by atoms with Gasteiger partial charge in [0.1, 0.15) is 17.4 Å². The lowest BCUT2D eigenvalue weighted by Crippen LogP contribution is -2.24. The minimum atomic E-state index is -1.18. The van der Waals surface area contributed by atoms with Crippen LogP contribution in [0.1, 0.15) is 5.56 Å². The minimum Gasteiger partial charge on any atom is -0.478 e. The first kappa shape index (κ1) is 8.93. The maximum Gasteiger partial charge on any atom is 0.345 e. The summed E-state index contributed by atoms with van der Waals surface area (Å²) in [7, 11) is 0. The van der Waals surface area contributed by atoms with Gasteiger partial charge in [0.2, 0.25) is 0 Å². The highest BCUT2D eigenvalue weighted by Crippen LogP contribution is 2.31. The molecule has 1 aliphatic heterocycles. The molecule has 74 valence electrons. The lowest BCUT2D eigenvalue weighted by molar-refractivity contribution is -0.144. The number of hydrogen-bond donors (Lipinski definition) is 1. The molecular weight excluding hydrogens is 194 g/mol. The number of ether oxygens (including phenoxy) is 1. The first-order valence-corrected chi connectivity index (χ1v) is 3.95. The van der Waals surface area contributed by atoms with Crippen LogP contribution in [0.4, 0.5) is 8.78 Å². The largest absolute Gasteiger partial charge is 0.478 e. The molecule has 0 spiro atoms. The molecule has 0 aromatic heterocycles. The van der Waals surface area contributed by atoms with Gasteiger partial charge in [-0.15, -0.1) is 0 Å². The van der Waals surface area contributed by atoms with Crippen molar-refractivity contribution in [1.29, 1.82) is 0 Å². The molecule has 3 nitrogen and oxygen atoms in total. The monoisotopic (exact) mass is 200 g/mol. The van der Waals surface area contributed by atoms with Gasteiger partial charge in [-0.1, -0.05) is 0 Å². The van der Waals surface area contributed by atoms with Crippen LogP contribution in [0, 0.1) is 11.6 Å². The highest BCUT2D eigenvalue weighted by molar-refractivity contribution is 5.74. The van der Waals surface area contributed by atoms with E-state index in [1.165, 1.54) is 0 Å². The molecule has 0 bridgehead atoms. The van der Waals surface area contributed by atoms with Crippen molar-refractivity contribution >= 4 is 5.97 Å². The molecule has 0 saturated carbocycles. The molecule has 1 atom stereocenters. The third-order valence-corrected chi connectivity index (χ3v) is 2.05. The van der Waals surface area contributed by atoms with Gasteiger partial charge in [-0.25, -0.2) is 13.6 Å². The van der Waals surface area contributed by atoms with Crippen LogP contribution in [0.3, 0.4) is 0 Å². The fourth-order valence-electron chi connectivity index (χ4n) is 1.40. The van der Waals surface area contributed by atoms with Crippen LogP contribution >= 0.6 is 0 Å². The standard InChI is InChI=1S/C9H6F2O3/c10-4-1-6(11)5-3-8(9(12)13)14-7(5)2-4/h1-2,8H,3H2,(H,12,13). The van der Waals surface area contributed by atoms with Gasteiger partial charge >= 0.3 is 5.97 Å². The molecule has 0 saturated heterocycles. The van der Waals surface area contributed by atoms with Crippen LogP contribution < -0.4 is 4.74 Å². The predicted molar refractivity (Wildman–Crippen MR) is 42.1 cm³/mol. The third-order valence-electron chi connectivity index (χ3n) is 2.05. The van der Waals surface area contributed by atoms with E-state index < -0.39 is 23.7 Å². The second-order valence-corrected chi connectivity index (χ2v) is 3.01. The average Bonchev–Trinajstić information content (AvgIpc) is 2.47. The lowest BCUT2D eigenvalue weighted by Gasteiger charge is -2.03. The molecule has 2 rings (SSSR count). The molecule has 1 N–H and O–H groups in total. The molecule has 1 aliphatic rings. The number of rotatable bonds is 1. The zero-order chi connectivity index (χ0) is 10.3. The Kier molecular flexibility index (Phi) is 1.87. The number of fused-ring (bicyclic) bond motifs is 1. The van der Waals surface area contributed by atoms with Gasteiger partial charge in [0, 0.05) is 24.1 Å². The van der Waals surface area contributed by atoms with Gasteiger partial charge in [0.05, 0.1) is 0 Å². The Labute approximate surface area is 77.9 Å². The minimum absolute atomic E-state index is 0.0186. The molecule has 1 aromatic rings. The van der Waals surface area contributed by atoms with Gasteiger partial charge in [0.25, 0.3) is 0 Å². The summed E-state index contributed by atoms with van der Waals surface area (Å²) < 4.78 is 30.6. The summed E-state index contributed by atoms with van der Waals surface area (Å²) in [5.41, 5.74) is 0.124. The van der Waals surface area contributed by atoms with Crippen molar-refractivity contribution in [1.82, 2.24) is 0 Å². The fraction of sp³-hybridized carbons (Fsp3) is 0.222. The van der Waals surface area contributed by atoms with Gasteiger partial charge in [0.15, 0.2) is 6.10 Å². The fourth-order valence-corrected chi connectivity index (χ4v) is 1.40. The number of carboxylic acid groups (broad SMARTS) is 1. The van der Waals surface area contributed by atoms with E-state index in [2.05, 4.69) is 0 Å². The van der Waals surface area contributed by atoms with E-state index in [9.17, 15) is 13.6 Å². The Balaban J connectivity index is 2.39. The zero-order valence-corrected chi connectivity index (χ0v) is 6.96.